The maximum Gasteiger partial charge on any atom is 0.500 e. The molecule has 0 aliphatic carbocycles. The van der Waals surface area contributed by atoms with Crippen LogP contribution in [0.4, 0.5) is 0 Å². The summed E-state index contributed by atoms with van der Waals surface area (Å²) in [6.07, 6.45) is 4.88. The summed E-state index contributed by atoms with van der Waals surface area (Å²) in [5.41, 5.74) is 0. The molecular weight excluding hydrogens is 286 g/mol. The van der Waals surface area contributed by atoms with Gasteiger partial charge in [0.1, 0.15) is 0 Å². The van der Waals surface area contributed by atoms with Crippen LogP contribution in [0.2, 0.25) is 6.04 Å². The Morgan fingerprint density at radius 1 is 1.00 bits per heavy atom. The summed E-state index contributed by atoms with van der Waals surface area (Å²) < 4.78 is 17.5. The molecule has 5 nitrogen and oxygen atoms in total. The molecule has 124 valence electrons. The molecule has 1 aliphatic rings. The third-order valence-corrected chi connectivity index (χ3v) is 6.83. The van der Waals surface area contributed by atoms with Crippen LogP contribution in [-0.4, -0.2) is 52.5 Å². The van der Waals surface area contributed by atoms with Gasteiger partial charge in [-0.1, -0.05) is 0 Å². The van der Waals surface area contributed by atoms with Gasteiger partial charge in [-0.05, 0) is 46.5 Å². The molecule has 1 rings (SSSR count). The first-order valence-electron chi connectivity index (χ1n) is 8.37. The first kappa shape index (κ1) is 18.6. The Labute approximate surface area is 130 Å². The molecule has 0 bridgehead atoms. The van der Waals surface area contributed by atoms with Crippen LogP contribution in [-0.2, 0) is 18.1 Å². The van der Waals surface area contributed by atoms with Crippen molar-refractivity contribution in [1.82, 2.24) is 4.90 Å². The second-order valence-corrected chi connectivity index (χ2v) is 8.01. The maximum absolute atomic E-state index is 11.8. The molecule has 1 heterocycles. The van der Waals surface area contributed by atoms with Crippen LogP contribution in [0, 0.1) is 0 Å². The highest BCUT2D eigenvalue weighted by atomic mass is 28.4. The Balaban J connectivity index is 2.36. The lowest BCUT2D eigenvalue weighted by atomic mass is 10.1. The molecule has 0 N–H and O–H groups in total. The highest BCUT2D eigenvalue weighted by molar-refractivity contribution is 6.60. The van der Waals surface area contributed by atoms with Gasteiger partial charge in [0, 0.05) is 45.4 Å². The van der Waals surface area contributed by atoms with Crippen LogP contribution >= 0.6 is 0 Å². The van der Waals surface area contributed by atoms with E-state index in [9.17, 15) is 4.79 Å². The van der Waals surface area contributed by atoms with E-state index in [1.807, 2.05) is 25.7 Å². The molecule has 0 aromatic heterocycles. The van der Waals surface area contributed by atoms with Crippen molar-refractivity contribution < 1.29 is 18.1 Å². The van der Waals surface area contributed by atoms with Crippen LogP contribution in [0.1, 0.15) is 52.9 Å². The van der Waals surface area contributed by atoms with Crippen molar-refractivity contribution in [3.63, 3.8) is 0 Å². The van der Waals surface area contributed by atoms with Crippen molar-refractivity contribution in [2.24, 2.45) is 0 Å². The molecule has 0 radical (unpaired) electrons. The minimum atomic E-state index is -2.50. The number of piperidine rings is 1. The van der Waals surface area contributed by atoms with Crippen LogP contribution in [0.5, 0.6) is 0 Å². The number of rotatable bonds is 11. The standard InChI is InChI=1S/C15H31NO4Si/c1-4-18-21(19-5-2,20-6-3)14-10-9-13-16-12-8-7-11-15(16)17/h4-14H2,1-3H3. The third-order valence-electron chi connectivity index (χ3n) is 3.68. The van der Waals surface area contributed by atoms with E-state index in [0.717, 1.165) is 51.2 Å². The molecule has 1 saturated heterocycles. The highest BCUT2D eigenvalue weighted by Crippen LogP contribution is 2.20. The van der Waals surface area contributed by atoms with E-state index in [0.29, 0.717) is 25.7 Å². The van der Waals surface area contributed by atoms with Gasteiger partial charge in [-0.15, -0.1) is 0 Å². The van der Waals surface area contributed by atoms with Crippen LogP contribution < -0.4 is 0 Å². The Kier molecular flexibility index (Phi) is 9.15. The summed E-state index contributed by atoms with van der Waals surface area (Å²) in [5.74, 6) is 0.309. The van der Waals surface area contributed by atoms with E-state index in [2.05, 4.69) is 0 Å². The minimum Gasteiger partial charge on any atom is -0.374 e. The summed E-state index contributed by atoms with van der Waals surface area (Å²) in [5, 5.41) is 0. The average Bonchev–Trinajstić information content (AvgIpc) is 2.46. The van der Waals surface area contributed by atoms with Gasteiger partial charge in [-0.25, -0.2) is 0 Å². The zero-order valence-electron chi connectivity index (χ0n) is 13.9. The van der Waals surface area contributed by atoms with Crippen molar-refractivity contribution in [1.29, 1.82) is 0 Å². The van der Waals surface area contributed by atoms with Crippen LogP contribution in [0.25, 0.3) is 0 Å². The number of amides is 1. The quantitative estimate of drug-likeness (QED) is 0.434. The van der Waals surface area contributed by atoms with Gasteiger partial charge in [-0.2, -0.15) is 0 Å². The first-order valence-corrected chi connectivity index (χ1v) is 10.3. The topological polar surface area (TPSA) is 48.0 Å². The van der Waals surface area contributed by atoms with Crippen LogP contribution in [0.3, 0.4) is 0 Å². The lowest BCUT2D eigenvalue weighted by molar-refractivity contribution is -0.133. The van der Waals surface area contributed by atoms with Crippen molar-refractivity contribution in [2.75, 3.05) is 32.9 Å². The minimum absolute atomic E-state index is 0.309. The molecular formula is C15H31NO4Si. The molecule has 0 unspecified atom stereocenters. The normalized spacial score (nSPS) is 16.5. The van der Waals surface area contributed by atoms with Crippen molar-refractivity contribution >= 4 is 14.7 Å². The van der Waals surface area contributed by atoms with Crippen molar-refractivity contribution in [3.05, 3.63) is 0 Å². The Hall–Kier alpha value is -0.433. The maximum atomic E-state index is 11.8. The van der Waals surface area contributed by atoms with E-state index in [4.69, 9.17) is 13.3 Å². The summed E-state index contributed by atoms with van der Waals surface area (Å²) in [4.78, 5) is 13.7. The fraction of sp³-hybridized carbons (Fsp3) is 0.933. The van der Waals surface area contributed by atoms with Gasteiger partial charge in [0.2, 0.25) is 5.91 Å². The molecule has 1 amide bonds. The summed E-state index contributed by atoms with van der Waals surface area (Å²) >= 11 is 0. The van der Waals surface area contributed by atoms with Gasteiger partial charge in [-0.3, -0.25) is 4.79 Å². The number of carbonyl (C=O) groups is 1. The van der Waals surface area contributed by atoms with E-state index in [-0.39, 0.29) is 0 Å². The van der Waals surface area contributed by atoms with Gasteiger partial charge in [0.15, 0.2) is 0 Å². The molecule has 6 heteroatoms. The average molecular weight is 318 g/mol. The van der Waals surface area contributed by atoms with E-state index in [1.54, 1.807) is 0 Å². The Morgan fingerprint density at radius 2 is 1.62 bits per heavy atom. The lowest BCUT2D eigenvalue weighted by Gasteiger charge is -2.29. The molecule has 21 heavy (non-hydrogen) atoms. The number of hydrogen-bond acceptors (Lipinski definition) is 4. The Morgan fingerprint density at radius 3 is 2.14 bits per heavy atom. The summed E-state index contributed by atoms with van der Waals surface area (Å²) in [6, 6.07) is 0.838. The smallest absolute Gasteiger partial charge is 0.374 e. The van der Waals surface area contributed by atoms with E-state index in [1.165, 1.54) is 0 Å². The van der Waals surface area contributed by atoms with Gasteiger partial charge < -0.3 is 18.2 Å². The zero-order valence-corrected chi connectivity index (χ0v) is 14.9. The van der Waals surface area contributed by atoms with Crippen molar-refractivity contribution in [2.45, 2.75) is 58.9 Å². The number of hydrogen-bond donors (Lipinski definition) is 0. The van der Waals surface area contributed by atoms with Gasteiger partial charge in [0.05, 0.1) is 0 Å². The zero-order chi connectivity index (χ0) is 15.6. The number of carbonyl (C=O) groups excluding carboxylic acids is 1. The number of nitrogens with zero attached hydrogens (tertiary/aromatic N) is 1. The highest BCUT2D eigenvalue weighted by Gasteiger charge is 2.39. The predicted molar refractivity (Wildman–Crippen MR) is 85.1 cm³/mol. The van der Waals surface area contributed by atoms with Gasteiger partial charge >= 0.3 is 8.80 Å². The molecule has 1 fully saturated rings. The molecule has 0 aromatic carbocycles. The second-order valence-electron chi connectivity index (χ2n) is 5.28. The van der Waals surface area contributed by atoms with Crippen molar-refractivity contribution in [3.8, 4) is 0 Å². The van der Waals surface area contributed by atoms with Crippen LogP contribution in [0.15, 0.2) is 0 Å². The predicted octanol–water partition coefficient (Wildman–Crippen LogP) is 2.83. The van der Waals surface area contributed by atoms with E-state index >= 15 is 0 Å². The number of likely N-dealkylation sites (tertiary alicyclic amines) is 1. The monoisotopic (exact) mass is 317 g/mol. The molecule has 0 saturated carbocycles. The van der Waals surface area contributed by atoms with Gasteiger partial charge in [0.25, 0.3) is 0 Å². The molecule has 0 aromatic rings. The summed E-state index contributed by atoms with van der Waals surface area (Å²) in [6.45, 7) is 9.58. The van der Waals surface area contributed by atoms with E-state index < -0.39 is 8.80 Å². The lowest BCUT2D eigenvalue weighted by Crippen LogP contribution is -2.46. The fourth-order valence-corrected chi connectivity index (χ4v) is 5.43. The summed E-state index contributed by atoms with van der Waals surface area (Å²) in [7, 11) is -2.50. The SMILES string of the molecule is CCO[Si](CCCCN1CCCCC1=O)(OCC)OCC. The Bertz CT molecular complexity index is 284. The third kappa shape index (κ3) is 6.46. The molecule has 1 aliphatic heterocycles. The number of unbranched alkanes of at least 4 members (excludes halogenated alkanes) is 1. The fourth-order valence-electron chi connectivity index (χ4n) is 2.74. The second kappa shape index (κ2) is 10.3. The molecule has 0 atom stereocenters. The largest absolute Gasteiger partial charge is 0.500 e. The first-order chi connectivity index (χ1) is 10.2. The molecule has 0 spiro atoms.